The molecule has 3 nitrogen and oxygen atoms in total. The lowest BCUT2D eigenvalue weighted by Gasteiger charge is -2.33. The van der Waals surface area contributed by atoms with Gasteiger partial charge in [-0.1, -0.05) is 11.6 Å². The van der Waals surface area contributed by atoms with Crippen molar-refractivity contribution in [3.8, 4) is 0 Å². The molecule has 102 valence electrons. The largest absolute Gasteiger partial charge is 0.316 e. The lowest BCUT2D eigenvalue weighted by atomic mass is 9.81. The SMILES string of the molecule is Cc1nn(C)c(Cl)c1CC(C)(F)C1CCCNC1. The predicted octanol–water partition coefficient (Wildman–Crippen LogP) is 2.65. The smallest absolute Gasteiger partial charge is 0.130 e. The van der Waals surface area contributed by atoms with Crippen LogP contribution in [0.25, 0.3) is 0 Å². The number of aromatic nitrogens is 2. The van der Waals surface area contributed by atoms with Crippen LogP contribution in [-0.4, -0.2) is 28.5 Å². The highest BCUT2D eigenvalue weighted by Crippen LogP contribution is 2.34. The van der Waals surface area contributed by atoms with E-state index in [4.69, 9.17) is 11.6 Å². The van der Waals surface area contributed by atoms with Gasteiger partial charge in [-0.25, -0.2) is 4.39 Å². The Balaban J connectivity index is 2.15. The van der Waals surface area contributed by atoms with Crippen LogP contribution in [-0.2, 0) is 13.5 Å². The molecule has 2 heterocycles. The monoisotopic (exact) mass is 273 g/mol. The van der Waals surface area contributed by atoms with Crippen LogP contribution >= 0.6 is 11.6 Å². The second kappa shape index (κ2) is 5.17. The molecule has 18 heavy (non-hydrogen) atoms. The molecule has 0 amide bonds. The highest BCUT2D eigenvalue weighted by atomic mass is 35.5. The zero-order valence-electron chi connectivity index (χ0n) is 11.3. The maximum Gasteiger partial charge on any atom is 0.130 e. The van der Waals surface area contributed by atoms with Gasteiger partial charge in [0.15, 0.2) is 0 Å². The average molecular weight is 274 g/mol. The second-order valence-electron chi connectivity index (χ2n) is 5.48. The second-order valence-corrected chi connectivity index (χ2v) is 5.83. The Labute approximate surface area is 113 Å². The Morgan fingerprint density at radius 1 is 1.61 bits per heavy atom. The van der Waals surface area contributed by atoms with Crippen LogP contribution in [0.5, 0.6) is 0 Å². The first-order chi connectivity index (χ1) is 8.42. The first-order valence-corrected chi connectivity index (χ1v) is 6.87. The molecule has 0 aromatic carbocycles. The van der Waals surface area contributed by atoms with Crippen molar-refractivity contribution in [2.24, 2.45) is 13.0 Å². The number of rotatable bonds is 3. The summed E-state index contributed by atoms with van der Waals surface area (Å²) in [6, 6.07) is 0. The Bertz CT molecular complexity index is 422. The van der Waals surface area contributed by atoms with E-state index in [0.717, 1.165) is 37.2 Å². The van der Waals surface area contributed by atoms with Gasteiger partial charge in [-0.05, 0) is 33.2 Å². The van der Waals surface area contributed by atoms with Crippen LogP contribution in [0.1, 0.15) is 31.0 Å². The van der Waals surface area contributed by atoms with Gasteiger partial charge in [-0.15, -0.1) is 0 Å². The van der Waals surface area contributed by atoms with Crippen molar-refractivity contribution in [1.29, 1.82) is 0 Å². The van der Waals surface area contributed by atoms with Gasteiger partial charge in [0.2, 0.25) is 0 Å². The number of halogens is 2. The van der Waals surface area contributed by atoms with Gasteiger partial charge in [-0.3, -0.25) is 4.68 Å². The third-order valence-corrected chi connectivity index (χ3v) is 4.41. The van der Waals surface area contributed by atoms with E-state index in [1.807, 2.05) is 6.92 Å². The maximum atomic E-state index is 14.9. The number of nitrogens with one attached hydrogen (secondary N) is 1. The van der Waals surface area contributed by atoms with Crippen molar-refractivity contribution in [3.05, 3.63) is 16.4 Å². The summed E-state index contributed by atoms with van der Waals surface area (Å²) in [6.07, 6.45) is 2.33. The molecule has 5 heteroatoms. The normalized spacial score (nSPS) is 23.9. The molecular formula is C13H21ClFN3. The van der Waals surface area contributed by atoms with Crippen LogP contribution < -0.4 is 5.32 Å². The van der Waals surface area contributed by atoms with Crippen molar-refractivity contribution in [2.45, 2.75) is 38.8 Å². The molecule has 1 aromatic rings. The number of alkyl halides is 1. The predicted molar refractivity (Wildman–Crippen MR) is 71.8 cm³/mol. The van der Waals surface area contributed by atoms with Crippen molar-refractivity contribution < 1.29 is 4.39 Å². The van der Waals surface area contributed by atoms with Crippen molar-refractivity contribution >= 4 is 11.6 Å². The minimum atomic E-state index is -1.23. The average Bonchev–Trinajstić information content (AvgIpc) is 2.57. The minimum absolute atomic E-state index is 0.0573. The molecule has 1 aliphatic heterocycles. The van der Waals surface area contributed by atoms with Crippen molar-refractivity contribution in [1.82, 2.24) is 15.1 Å². The molecule has 1 aromatic heterocycles. The third-order valence-electron chi connectivity index (χ3n) is 3.94. The van der Waals surface area contributed by atoms with E-state index < -0.39 is 5.67 Å². The van der Waals surface area contributed by atoms with Gasteiger partial charge in [0.25, 0.3) is 0 Å². The molecule has 1 saturated heterocycles. The van der Waals surface area contributed by atoms with Gasteiger partial charge in [0.05, 0.1) is 5.69 Å². The van der Waals surface area contributed by atoms with E-state index in [-0.39, 0.29) is 5.92 Å². The zero-order chi connectivity index (χ0) is 13.3. The summed E-state index contributed by atoms with van der Waals surface area (Å²) >= 11 is 6.18. The summed E-state index contributed by atoms with van der Waals surface area (Å²) in [7, 11) is 1.79. The van der Waals surface area contributed by atoms with Gasteiger partial charge in [-0.2, -0.15) is 5.10 Å². The highest BCUT2D eigenvalue weighted by molar-refractivity contribution is 6.30. The molecule has 0 radical (unpaired) electrons. The summed E-state index contributed by atoms with van der Waals surface area (Å²) < 4.78 is 16.5. The first kappa shape index (κ1) is 13.8. The number of piperidine rings is 1. The number of hydrogen-bond donors (Lipinski definition) is 1. The van der Waals surface area contributed by atoms with Crippen molar-refractivity contribution in [2.75, 3.05) is 13.1 Å². The van der Waals surface area contributed by atoms with Crippen LogP contribution in [0, 0.1) is 12.8 Å². The van der Waals surface area contributed by atoms with Crippen LogP contribution in [0.3, 0.4) is 0 Å². The quantitative estimate of drug-likeness (QED) is 0.918. The fraction of sp³-hybridized carbons (Fsp3) is 0.769. The maximum absolute atomic E-state index is 14.9. The minimum Gasteiger partial charge on any atom is -0.316 e. The standard InChI is InChI=1S/C13H21ClFN3/c1-9-11(12(14)18(3)17-9)7-13(2,15)10-5-4-6-16-8-10/h10,16H,4-8H2,1-3H3. The summed E-state index contributed by atoms with van der Waals surface area (Å²) in [4.78, 5) is 0. The lowest BCUT2D eigenvalue weighted by Crippen LogP contribution is -2.42. The molecule has 0 aliphatic carbocycles. The molecular weight excluding hydrogens is 253 g/mol. The van der Waals surface area contributed by atoms with Gasteiger partial charge in [0.1, 0.15) is 10.8 Å². The van der Waals surface area contributed by atoms with E-state index in [2.05, 4.69) is 10.4 Å². The fourth-order valence-corrected chi connectivity index (χ4v) is 2.97. The Kier molecular flexibility index (Phi) is 3.97. The molecule has 1 fully saturated rings. The topological polar surface area (TPSA) is 29.9 Å². The molecule has 2 rings (SSSR count). The van der Waals surface area contributed by atoms with E-state index in [1.54, 1.807) is 18.7 Å². The number of hydrogen-bond acceptors (Lipinski definition) is 2. The molecule has 1 N–H and O–H groups in total. The van der Waals surface area contributed by atoms with Gasteiger partial charge >= 0.3 is 0 Å². The number of nitrogens with zero attached hydrogens (tertiary/aromatic N) is 2. The molecule has 1 aliphatic rings. The Morgan fingerprint density at radius 2 is 2.33 bits per heavy atom. The summed E-state index contributed by atoms with van der Waals surface area (Å²) in [5.41, 5.74) is 0.440. The molecule has 2 unspecified atom stereocenters. The van der Waals surface area contributed by atoms with E-state index in [9.17, 15) is 4.39 Å². The van der Waals surface area contributed by atoms with Crippen LogP contribution in [0.2, 0.25) is 5.15 Å². The van der Waals surface area contributed by atoms with Crippen LogP contribution in [0.4, 0.5) is 4.39 Å². The molecule has 0 bridgehead atoms. The molecule has 0 saturated carbocycles. The lowest BCUT2D eigenvalue weighted by molar-refractivity contribution is 0.0832. The Hall–Kier alpha value is -0.610. The summed E-state index contributed by atoms with van der Waals surface area (Å²) in [5.74, 6) is 0.0573. The highest BCUT2D eigenvalue weighted by Gasteiger charge is 2.36. The van der Waals surface area contributed by atoms with E-state index in [1.165, 1.54) is 0 Å². The van der Waals surface area contributed by atoms with Gasteiger partial charge in [0, 0.05) is 31.5 Å². The summed E-state index contributed by atoms with van der Waals surface area (Å²) in [5, 5.41) is 8.07. The van der Waals surface area contributed by atoms with Gasteiger partial charge < -0.3 is 5.32 Å². The first-order valence-electron chi connectivity index (χ1n) is 6.49. The molecule has 2 atom stereocenters. The van der Waals surface area contributed by atoms with E-state index >= 15 is 0 Å². The van der Waals surface area contributed by atoms with Crippen molar-refractivity contribution in [3.63, 3.8) is 0 Å². The number of aryl methyl sites for hydroxylation is 2. The Morgan fingerprint density at radius 3 is 2.83 bits per heavy atom. The van der Waals surface area contributed by atoms with Crippen LogP contribution in [0.15, 0.2) is 0 Å². The fourth-order valence-electron chi connectivity index (χ4n) is 2.73. The molecule has 0 spiro atoms. The van der Waals surface area contributed by atoms with E-state index in [0.29, 0.717) is 11.6 Å². The third kappa shape index (κ3) is 2.69. The zero-order valence-corrected chi connectivity index (χ0v) is 12.0. The summed E-state index contributed by atoms with van der Waals surface area (Å²) in [6.45, 7) is 5.33.